The Morgan fingerprint density at radius 1 is 1.05 bits per heavy atom. The van der Waals surface area contributed by atoms with E-state index in [0.29, 0.717) is 73.3 Å². The van der Waals surface area contributed by atoms with Crippen molar-refractivity contribution in [3.8, 4) is 22.2 Å². The van der Waals surface area contributed by atoms with Gasteiger partial charge in [-0.15, -0.1) is 11.3 Å². The van der Waals surface area contributed by atoms with Gasteiger partial charge >= 0.3 is 6.03 Å². The van der Waals surface area contributed by atoms with Crippen LogP contribution in [0.5, 0.6) is 11.5 Å². The van der Waals surface area contributed by atoms with Crippen molar-refractivity contribution >= 4 is 56.0 Å². The van der Waals surface area contributed by atoms with Crippen molar-refractivity contribution in [2.24, 2.45) is 5.92 Å². The van der Waals surface area contributed by atoms with Crippen LogP contribution in [0.3, 0.4) is 0 Å². The fourth-order valence-electron chi connectivity index (χ4n) is 8.76. The molecule has 17 heteroatoms. The van der Waals surface area contributed by atoms with Gasteiger partial charge in [-0.2, -0.15) is 0 Å². The summed E-state index contributed by atoms with van der Waals surface area (Å²) in [5, 5.41) is 9.42. The van der Waals surface area contributed by atoms with Crippen molar-refractivity contribution < 1.29 is 37.1 Å². The van der Waals surface area contributed by atoms with E-state index in [2.05, 4.69) is 29.2 Å². The van der Waals surface area contributed by atoms with Crippen LogP contribution in [0.2, 0.25) is 0 Å². The van der Waals surface area contributed by atoms with E-state index in [-0.39, 0.29) is 31.3 Å². The third-order valence-electron chi connectivity index (χ3n) is 13.2. The Hall–Kier alpha value is -4.77. The monoisotopic (exact) mass is 875 g/mol. The molecule has 2 aliphatic carbocycles. The van der Waals surface area contributed by atoms with Crippen LogP contribution in [0.25, 0.3) is 21.6 Å². The number of urea groups is 1. The van der Waals surface area contributed by atoms with Crippen molar-refractivity contribution in [2.75, 3.05) is 26.7 Å². The zero-order valence-electron chi connectivity index (χ0n) is 35.6. The third-order valence-corrected chi connectivity index (χ3v) is 16.2. The molecule has 0 bridgehead atoms. The number of sulfonamides is 1. The molecule has 0 radical (unpaired) electrons. The van der Waals surface area contributed by atoms with Crippen LogP contribution in [0, 0.1) is 12.8 Å². The molecule has 0 spiro atoms. The highest BCUT2D eigenvalue weighted by Gasteiger charge is 2.63. The standard InChI is InChI=1S/C44H57N7O8S2/c1-26(2)33-25-60-39(46-33)32-22-36(30-15-16-35(58-5)27(3)37(30)45-32)59-29-21-34-38(52)48-44(41(54)49-61(56,57)43(4)17-18-43)23-28(44)13-9-7-6-8-10-14-31(40(53)51(34)24-29)47-42(55)50-19-11-12-20-50/h9,13,15-16,22,25-26,28-29,31,34H,6-8,10-12,14,17-21,23-24H2,1-5H3,(H,47,55)(H,48,52)(H,49,54)/b13-9-/t28-,29-,31+,34+,44-/m1/s1. The topological polar surface area (TPSA) is 189 Å². The van der Waals surface area contributed by atoms with Crippen molar-refractivity contribution in [2.45, 2.75) is 133 Å². The molecule has 0 unspecified atom stereocenters. The minimum Gasteiger partial charge on any atom is -0.496 e. The predicted octanol–water partition coefficient (Wildman–Crippen LogP) is 5.71. The average Bonchev–Trinajstić information content (AvgIpc) is 3.80. The summed E-state index contributed by atoms with van der Waals surface area (Å²) >= 11 is 1.49. The minimum absolute atomic E-state index is 0.0191. The van der Waals surface area contributed by atoms with E-state index in [9.17, 15) is 27.6 Å². The second-order valence-electron chi connectivity index (χ2n) is 17.9. The number of methoxy groups -OCH3 is 1. The maximum absolute atomic E-state index is 14.8. The lowest BCUT2D eigenvalue weighted by Crippen LogP contribution is -2.59. The number of carbonyl (C=O) groups is 4. The maximum atomic E-state index is 14.8. The summed E-state index contributed by atoms with van der Waals surface area (Å²) in [6.07, 6.45) is 9.52. The SMILES string of the molecule is COc1ccc2c(O[C@@H]3C[C@H]4C(=O)N[C@]5(C(=O)NS(=O)(=O)C6(C)CC6)C[C@H]5/C=C\CCCCC[C@H](NC(=O)N5CCCC5)C(=O)N4C3)cc(-c3nc(C(C)C)cs3)nc2c1C. The summed E-state index contributed by atoms with van der Waals surface area (Å²) in [5.74, 6) is -0.843. The third kappa shape index (κ3) is 8.56. The van der Waals surface area contributed by atoms with Crippen LogP contribution in [0.15, 0.2) is 35.7 Å². The number of allylic oxidation sites excluding steroid dienone is 1. The Morgan fingerprint density at radius 2 is 1.82 bits per heavy atom. The van der Waals surface area contributed by atoms with Crippen LogP contribution >= 0.6 is 11.3 Å². The Balaban J connectivity index is 1.14. The molecule has 3 N–H and O–H groups in total. The van der Waals surface area contributed by atoms with E-state index in [0.717, 1.165) is 41.9 Å². The van der Waals surface area contributed by atoms with Gasteiger partial charge in [0.05, 0.1) is 29.6 Å². The number of pyridine rings is 1. The highest BCUT2D eigenvalue weighted by Crippen LogP contribution is 2.48. The van der Waals surface area contributed by atoms with E-state index < -0.39 is 62.1 Å². The van der Waals surface area contributed by atoms with Gasteiger partial charge in [-0.3, -0.25) is 19.1 Å². The number of hydrogen-bond donors (Lipinski definition) is 3. The number of benzene rings is 1. The number of aryl methyl sites for hydroxylation is 1. The molecule has 328 valence electrons. The molecule has 1 aromatic carbocycles. The maximum Gasteiger partial charge on any atom is 0.318 e. The summed E-state index contributed by atoms with van der Waals surface area (Å²) in [6.45, 7) is 8.93. The molecular formula is C44H57N7O8S2. The van der Waals surface area contributed by atoms with Crippen LogP contribution in [-0.2, 0) is 24.4 Å². The van der Waals surface area contributed by atoms with Gasteiger partial charge in [0.15, 0.2) is 0 Å². The van der Waals surface area contributed by atoms with E-state index >= 15 is 0 Å². The Kier molecular flexibility index (Phi) is 11.8. The molecule has 5 atom stereocenters. The van der Waals surface area contributed by atoms with Gasteiger partial charge in [0.25, 0.3) is 5.91 Å². The molecule has 5 amide bonds. The fraction of sp³-hybridized carbons (Fsp3) is 0.591. The number of rotatable bonds is 9. The van der Waals surface area contributed by atoms with Crippen molar-refractivity contribution in [1.82, 2.24) is 35.1 Å². The van der Waals surface area contributed by atoms with Crippen molar-refractivity contribution in [3.63, 3.8) is 0 Å². The van der Waals surface area contributed by atoms with E-state index in [4.69, 9.17) is 19.4 Å². The number of thiazole rings is 1. The van der Waals surface area contributed by atoms with Gasteiger partial charge in [-0.1, -0.05) is 38.8 Å². The van der Waals surface area contributed by atoms with Crippen LogP contribution < -0.4 is 24.8 Å². The summed E-state index contributed by atoms with van der Waals surface area (Å²) in [4.78, 5) is 70.2. The number of nitrogens with one attached hydrogen (secondary N) is 3. The first kappa shape index (κ1) is 42.9. The summed E-state index contributed by atoms with van der Waals surface area (Å²) < 4.78 is 40.3. The van der Waals surface area contributed by atoms with Gasteiger partial charge in [-0.25, -0.2) is 23.2 Å². The number of nitrogens with zero attached hydrogens (tertiary/aromatic N) is 4. The number of fused-ring (bicyclic) bond motifs is 3. The molecule has 4 fully saturated rings. The Labute approximate surface area is 361 Å². The highest BCUT2D eigenvalue weighted by atomic mass is 32.2. The summed E-state index contributed by atoms with van der Waals surface area (Å²) in [5.41, 5.74) is 1.51. The second kappa shape index (κ2) is 16.8. The molecule has 5 aliphatic rings. The van der Waals surface area contributed by atoms with E-state index in [1.807, 2.05) is 42.7 Å². The first-order valence-corrected chi connectivity index (χ1v) is 24.0. The van der Waals surface area contributed by atoms with E-state index in [1.165, 1.54) is 16.2 Å². The number of aromatic nitrogens is 2. The highest BCUT2D eigenvalue weighted by molar-refractivity contribution is 7.91. The molecule has 3 aromatic rings. The average molecular weight is 876 g/mol. The molecule has 61 heavy (non-hydrogen) atoms. The van der Waals surface area contributed by atoms with Crippen LogP contribution in [0.1, 0.15) is 109 Å². The van der Waals surface area contributed by atoms with Gasteiger partial charge in [0, 0.05) is 47.8 Å². The summed E-state index contributed by atoms with van der Waals surface area (Å²) in [7, 11) is -2.39. The van der Waals surface area contributed by atoms with Crippen LogP contribution in [0.4, 0.5) is 4.79 Å². The number of likely N-dealkylation sites (tertiary alicyclic amines) is 1. The van der Waals surface area contributed by atoms with Crippen molar-refractivity contribution in [3.05, 3.63) is 47.0 Å². The van der Waals surface area contributed by atoms with Gasteiger partial charge in [0.2, 0.25) is 21.8 Å². The lowest BCUT2D eigenvalue weighted by molar-refractivity contribution is -0.141. The van der Waals surface area contributed by atoms with Gasteiger partial charge < -0.3 is 29.9 Å². The normalized spacial score (nSPS) is 27.0. The molecule has 2 aromatic heterocycles. The smallest absolute Gasteiger partial charge is 0.318 e. The molecule has 2 saturated heterocycles. The molecular weight excluding hydrogens is 819 g/mol. The predicted molar refractivity (Wildman–Crippen MR) is 232 cm³/mol. The first-order valence-electron chi connectivity index (χ1n) is 21.7. The minimum atomic E-state index is -4.00. The summed E-state index contributed by atoms with van der Waals surface area (Å²) in [6, 6.07) is 3.27. The van der Waals surface area contributed by atoms with Crippen molar-refractivity contribution in [1.29, 1.82) is 0 Å². The fourth-order valence-corrected chi connectivity index (χ4v) is 11.0. The Bertz CT molecular complexity index is 2360. The quantitative estimate of drug-likeness (QED) is 0.225. The molecule has 3 aliphatic heterocycles. The Morgan fingerprint density at radius 3 is 2.52 bits per heavy atom. The van der Waals surface area contributed by atoms with E-state index in [1.54, 1.807) is 18.9 Å². The molecule has 5 heterocycles. The van der Waals surface area contributed by atoms with Crippen LogP contribution in [-0.4, -0.2) is 107 Å². The molecule has 15 nitrogen and oxygen atoms in total. The second-order valence-corrected chi connectivity index (χ2v) is 21.0. The first-order chi connectivity index (χ1) is 29.1. The largest absolute Gasteiger partial charge is 0.496 e. The number of ether oxygens (including phenoxy) is 2. The number of hydrogen-bond acceptors (Lipinski definition) is 11. The zero-order valence-corrected chi connectivity index (χ0v) is 37.3. The number of carbonyl (C=O) groups excluding carboxylic acids is 4. The van der Waals surface area contributed by atoms with Gasteiger partial charge in [0.1, 0.15) is 45.9 Å². The molecule has 2 saturated carbocycles. The lowest BCUT2D eigenvalue weighted by Gasteiger charge is -2.30. The lowest BCUT2D eigenvalue weighted by atomic mass is 10.0. The molecule has 8 rings (SSSR count). The zero-order chi connectivity index (χ0) is 43.3. The van der Waals surface area contributed by atoms with Gasteiger partial charge in [-0.05, 0) is 83.3 Å². The number of amides is 5.